The fourth-order valence-electron chi connectivity index (χ4n) is 1.85. The first-order valence-electron chi connectivity index (χ1n) is 4.18. The number of oxime groups is 1. The van der Waals surface area contributed by atoms with Crippen molar-refractivity contribution < 1.29 is 4.84 Å². The summed E-state index contributed by atoms with van der Waals surface area (Å²) < 4.78 is 0. The Morgan fingerprint density at radius 3 is 3.25 bits per heavy atom. The van der Waals surface area contributed by atoms with E-state index in [2.05, 4.69) is 10.1 Å². The summed E-state index contributed by atoms with van der Waals surface area (Å²) in [4.78, 5) is 7.18. The molecule has 0 amide bonds. The van der Waals surface area contributed by atoms with Crippen LogP contribution in [0.4, 0.5) is 0 Å². The monoisotopic (exact) mass is 165 g/mol. The van der Waals surface area contributed by atoms with Crippen LogP contribution >= 0.6 is 0 Å². The van der Waals surface area contributed by atoms with Gasteiger partial charge in [-0.3, -0.25) is 4.90 Å². The Bertz CT molecular complexity index is 243. The normalized spacial score (nSPS) is 35.4. The van der Waals surface area contributed by atoms with E-state index in [1.807, 2.05) is 6.07 Å². The molecule has 2 atom stereocenters. The molecule has 0 aromatic rings. The van der Waals surface area contributed by atoms with E-state index in [1.165, 1.54) is 13.0 Å². The van der Waals surface area contributed by atoms with Crippen molar-refractivity contribution in [2.45, 2.75) is 6.42 Å². The van der Waals surface area contributed by atoms with E-state index in [0.29, 0.717) is 5.92 Å². The topological polar surface area (TPSA) is 48.6 Å². The van der Waals surface area contributed by atoms with E-state index < -0.39 is 0 Å². The Labute approximate surface area is 71.4 Å². The second-order valence-electron chi connectivity index (χ2n) is 3.23. The maximum atomic E-state index is 8.22. The third-order valence-electron chi connectivity index (χ3n) is 2.44. The number of nitriles is 1. The summed E-state index contributed by atoms with van der Waals surface area (Å²) in [5, 5.41) is 12.2. The second kappa shape index (κ2) is 3.11. The van der Waals surface area contributed by atoms with Gasteiger partial charge in [0.1, 0.15) is 6.07 Å². The Hall–Kier alpha value is -1.08. The highest BCUT2D eigenvalue weighted by molar-refractivity contribution is 5.91. The first kappa shape index (κ1) is 7.56. The van der Waals surface area contributed by atoms with Crippen LogP contribution in [0, 0.1) is 17.2 Å². The zero-order valence-electron chi connectivity index (χ0n) is 6.86. The number of fused-ring (bicyclic) bond motifs is 2. The highest BCUT2D eigenvalue weighted by Crippen LogP contribution is 2.25. The van der Waals surface area contributed by atoms with Gasteiger partial charge in [-0.1, -0.05) is 5.16 Å². The van der Waals surface area contributed by atoms with Crippen molar-refractivity contribution in [3.05, 3.63) is 0 Å². The average molecular weight is 165 g/mol. The SMILES string of the molecule is N#CCO/N=C1/CN2CC[C@H]1C2. The molecule has 64 valence electrons. The van der Waals surface area contributed by atoms with Gasteiger partial charge in [0.05, 0.1) is 5.71 Å². The van der Waals surface area contributed by atoms with E-state index in [0.717, 1.165) is 18.8 Å². The third kappa shape index (κ3) is 1.28. The summed E-state index contributed by atoms with van der Waals surface area (Å²) >= 11 is 0. The summed E-state index contributed by atoms with van der Waals surface area (Å²) in [5.41, 5.74) is 1.12. The number of hydrogen-bond acceptors (Lipinski definition) is 4. The minimum absolute atomic E-state index is 0.0657. The van der Waals surface area contributed by atoms with Crippen LogP contribution in [-0.4, -0.2) is 36.9 Å². The maximum absolute atomic E-state index is 8.22. The van der Waals surface area contributed by atoms with Crippen LogP contribution in [-0.2, 0) is 4.84 Å². The molecule has 4 heteroatoms. The van der Waals surface area contributed by atoms with Crippen LogP contribution in [0.1, 0.15) is 6.42 Å². The van der Waals surface area contributed by atoms with E-state index in [9.17, 15) is 0 Å². The van der Waals surface area contributed by atoms with Gasteiger partial charge < -0.3 is 4.84 Å². The summed E-state index contributed by atoms with van der Waals surface area (Å²) in [6, 6.07) is 1.89. The Morgan fingerprint density at radius 1 is 1.75 bits per heavy atom. The van der Waals surface area contributed by atoms with E-state index in [4.69, 9.17) is 10.1 Å². The Kier molecular flexibility index (Phi) is 1.96. The molecule has 0 spiro atoms. The Morgan fingerprint density at radius 2 is 2.67 bits per heavy atom. The summed E-state index contributed by atoms with van der Waals surface area (Å²) in [6.07, 6.45) is 1.20. The van der Waals surface area contributed by atoms with Gasteiger partial charge in [0, 0.05) is 19.0 Å². The van der Waals surface area contributed by atoms with E-state index in [-0.39, 0.29) is 6.61 Å². The number of nitrogens with zero attached hydrogens (tertiary/aromatic N) is 3. The molecule has 2 heterocycles. The number of piperidine rings is 1. The highest BCUT2D eigenvalue weighted by Gasteiger charge is 2.35. The average Bonchev–Trinajstić information content (AvgIpc) is 2.65. The lowest BCUT2D eigenvalue weighted by Gasteiger charge is -2.12. The maximum Gasteiger partial charge on any atom is 0.202 e. The molecule has 0 saturated carbocycles. The lowest BCUT2D eigenvalue weighted by atomic mass is 10.0. The molecule has 2 rings (SSSR count). The van der Waals surface area contributed by atoms with Crippen molar-refractivity contribution in [1.29, 1.82) is 5.26 Å². The summed E-state index contributed by atoms with van der Waals surface area (Å²) in [7, 11) is 0. The quantitative estimate of drug-likeness (QED) is 0.434. The van der Waals surface area contributed by atoms with Crippen molar-refractivity contribution in [2.24, 2.45) is 11.1 Å². The van der Waals surface area contributed by atoms with Crippen molar-refractivity contribution in [3.63, 3.8) is 0 Å². The zero-order valence-corrected chi connectivity index (χ0v) is 6.86. The van der Waals surface area contributed by atoms with Gasteiger partial charge >= 0.3 is 0 Å². The number of rotatable bonds is 2. The molecule has 0 radical (unpaired) electrons. The first-order chi connectivity index (χ1) is 5.90. The van der Waals surface area contributed by atoms with Gasteiger partial charge in [-0.05, 0) is 13.0 Å². The summed E-state index contributed by atoms with van der Waals surface area (Å²) in [5.74, 6) is 0.601. The van der Waals surface area contributed by atoms with Crippen molar-refractivity contribution in [3.8, 4) is 6.07 Å². The van der Waals surface area contributed by atoms with Crippen LogP contribution in [0.15, 0.2) is 5.16 Å². The van der Waals surface area contributed by atoms with Crippen molar-refractivity contribution in [1.82, 2.24) is 4.90 Å². The molecule has 2 aliphatic heterocycles. The second-order valence-corrected chi connectivity index (χ2v) is 3.23. The Balaban J connectivity index is 1.90. The third-order valence-corrected chi connectivity index (χ3v) is 2.44. The first-order valence-corrected chi connectivity index (χ1v) is 4.18. The molecule has 0 aliphatic carbocycles. The van der Waals surface area contributed by atoms with Crippen LogP contribution in [0.2, 0.25) is 0 Å². The number of hydrogen-bond donors (Lipinski definition) is 0. The van der Waals surface area contributed by atoms with E-state index in [1.54, 1.807) is 0 Å². The van der Waals surface area contributed by atoms with Crippen molar-refractivity contribution in [2.75, 3.05) is 26.2 Å². The fraction of sp³-hybridized carbons (Fsp3) is 0.750. The smallest absolute Gasteiger partial charge is 0.202 e. The zero-order chi connectivity index (χ0) is 8.39. The molecule has 0 aromatic heterocycles. The minimum atomic E-state index is 0.0657. The highest BCUT2D eigenvalue weighted by atomic mass is 16.6. The van der Waals surface area contributed by atoms with Gasteiger partial charge in [-0.15, -0.1) is 0 Å². The van der Waals surface area contributed by atoms with Gasteiger partial charge in [0.25, 0.3) is 0 Å². The molecule has 0 aromatic carbocycles. The van der Waals surface area contributed by atoms with Crippen LogP contribution < -0.4 is 0 Å². The molecule has 2 fully saturated rings. The van der Waals surface area contributed by atoms with E-state index >= 15 is 0 Å². The fourth-order valence-corrected chi connectivity index (χ4v) is 1.85. The van der Waals surface area contributed by atoms with Crippen molar-refractivity contribution >= 4 is 5.71 Å². The molecule has 12 heavy (non-hydrogen) atoms. The van der Waals surface area contributed by atoms with Crippen LogP contribution in [0.5, 0.6) is 0 Å². The largest absolute Gasteiger partial charge is 0.380 e. The molecule has 0 N–H and O–H groups in total. The minimum Gasteiger partial charge on any atom is -0.380 e. The molecular weight excluding hydrogens is 154 g/mol. The standard InChI is InChI=1S/C8H11N3O/c9-2-4-12-10-8-6-11-3-1-7(8)5-11/h7H,1,3-6H2/b10-8-/t7-/m0/s1. The molecule has 2 aliphatic rings. The molecular formula is C8H11N3O. The van der Waals surface area contributed by atoms with Gasteiger partial charge in [0.15, 0.2) is 0 Å². The van der Waals surface area contributed by atoms with Crippen LogP contribution in [0.3, 0.4) is 0 Å². The predicted molar refractivity (Wildman–Crippen MR) is 43.5 cm³/mol. The van der Waals surface area contributed by atoms with Gasteiger partial charge in [0.2, 0.25) is 6.61 Å². The molecule has 4 nitrogen and oxygen atoms in total. The lowest BCUT2D eigenvalue weighted by Crippen LogP contribution is -2.23. The van der Waals surface area contributed by atoms with Crippen LogP contribution in [0.25, 0.3) is 0 Å². The molecule has 2 bridgehead atoms. The molecule has 2 saturated heterocycles. The molecule has 1 unspecified atom stereocenters. The lowest BCUT2D eigenvalue weighted by molar-refractivity contribution is 0.176. The van der Waals surface area contributed by atoms with Gasteiger partial charge in [-0.25, -0.2) is 0 Å². The summed E-state index contributed by atoms with van der Waals surface area (Å²) in [6.45, 7) is 3.34. The van der Waals surface area contributed by atoms with Gasteiger partial charge in [-0.2, -0.15) is 5.26 Å². The predicted octanol–water partition coefficient (Wildman–Crippen LogP) is 0.218.